The van der Waals surface area contributed by atoms with E-state index in [0.717, 1.165) is 44.2 Å². The zero-order valence-corrected chi connectivity index (χ0v) is 17.0. The maximum atomic E-state index is 5.57. The maximum Gasteiger partial charge on any atom is 0.198 e. The third-order valence-electron chi connectivity index (χ3n) is 4.82. The van der Waals surface area contributed by atoms with Crippen LogP contribution in [0.5, 0.6) is 0 Å². The van der Waals surface area contributed by atoms with Crippen LogP contribution in [0.25, 0.3) is 0 Å². The Morgan fingerprint density at radius 2 is 1.92 bits per heavy atom. The molecule has 4 rings (SSSR count). The fourth-order valence-electron chi connectivity index (χ4n) is 3.23. The van der Waals surface area contributed by atoms with Gasteiger partial charge in [-0.15, -0.1) is 11.3 Å². The lowest BCUT2D eigenvalue weighted by Gasteiger charge is -2.34. The number of hydrogen-bond donors (Lipinski definition) is 0. The Morgan fingerprint density at radius 3 is 2.54 bits per heavy atom. The molecule has 2 aliphatic rings. The molecule has 0 N–H and O–H groups in total. The van der Waals surface area contributed by atoms with E-state index in [1.54, 1.807) is 0 Å². The number of thiophene rings is 1. The molecule has 5 nitrogen and oxygen atoms in total. The van der Waals surface area contributed by atoms with Gasteiger partial charge in [0.15, 0.2) is 4.77 Å². The maximum absolute atomic E-state index is 5.57. The van der Waals surface area contributed by atoms with Crippen LogP contribution < -0.4 is 0 Å². The van der Waals surface area contributed by atoms with Crippen LogP contribution in [0.4, 0.5) is 0 Å². The molecule has 1 aliphatic carbocycles. The Balaban J connectivity index is 1.33. The largest absolute Gasteiger partial charge is 0.307 e. The summed E-state index contributed by atoms with van der Waals surface area (Å²) in [5.74, 6) is 1.81. The number of nitrogens with zero attached hydrogens (tertiary/aromatic N) is 5. The molecule has 1 saturated carbocycles. The molecule has 0 bridgehead atoms. The van der Waals surface area contributed by atoms with Crippen LogP contribution in [-0.2, 0) is 20.3 Å². The Kier molecular flexibility index (Phi) is 4.93. The van der Waals surface area contributed by atoms with Crippen LogP contribution in [0.2, 0.25) is 0 Å². The summed E-state index contributed by atoms with van der Waals surface area (Å²) in [6, 6.07) is 4.35. The summed E-state index contributed by atoms with van der Waals surface area (Å²) in [7, 11) is 2.05. The molecule has 1 aliphatic heterocycles. The first-order chi connectivity index (χ1) is 11.6. The molecule has 0 unspecified atom stereocenters. The fraction of sp³-hybridized carbons (Fsp3) is 0.625. The Hall–Kier alpha value is -0.540. The van der Waals surface area contributed by atoms with Gasteiger partial charge in [0, 0.05) is 50.6 Å². The van der Waals surface area contributed by atoms with Gasteiger partial charge in [-0.1, -0.05) is 0 Å². The molecule has 24 heavy (non-hydrogen) atoms. The lowest BCUT2D eigenvalue weighted by atomic mass is 10.3. The predicted octanol–water partition coefficient (Wildman–Crippen LogP) is 3.43. The van der Waals surface area contributed by atoms with Crippen molar-refractivity contribution in [3.63, 3.8) is 0 Å². The molecule has 2 aromatic rings. The summed E-state index contributed by atoms with van der Waals surface area (Å²) >= 11 is 10.9. The average molecular weight is 428 g/mol. The second-order valence-electron chi connectivity index (χ2n) is 6.72. The lowest BCUT2D eigenvalue weighted by Crippen LogP contribution is -2.46. The number of rotatable bonds is 5. The predicted molar refractivity (Wildman–Crippen MR) is 103 cm³/mol. The molecule has 0 spiro atoms. The summed E-state index contributed by atoms with van der Waals surface area (Å²) in [5.41, 5.74) is 0. The Labute approximate surface area is 160 Å². The first kappa shape index (κ1) is 16.9. The van der Waals surface area contributed by atoms with Crippen molar-refractivity contribution >= 4 is 39.5 Å². The average Bonchev–Trinajstić information content (AvgIpc) is 3.28. The van der Waals surface area contributed by atoms with Crippen LogP contribution >= 0.6 is 39.5 Å². The minimum Gasteiger partial charge on any atom is -0.307 e. The third-order valence-corrected chi connectivity index (χ3v) is 6.92. The van der Waals surface area contributed by atoms with Crippen LogP contribution in [0, 0.1) is 4.77 Å². The van der Waals surface area contributed by atoms with E-state index >= 15 is 0 Å². The van der Waals surface area contributed by atoms with E-state index in [0.29, 0.717) is 5.92 Å². The van der Waals surface area contributed by atoms with Crippen LogP contribution in [-0.4, -0.2) is 50.3 Å². The van der Waals surface area contributed by atoms with E-state index in [9.17, 15) is 0 Å². The molecule has 8 heteroatoms. The van der Waals surface area contributed by atoms with Gasteiger partial charge in [-0.25, -0.2) is 4.68 Å². The summed E-state index contributed by atoms with van der Waals surface area (Å²) < 4.78 is 6.17. The van der Waals surface area contributed by atoms with Crippen LogP contribution in [0.3, 0.4) is 0 Å². The van der Waals surface area contributed by atoms with E-state index in [1.165, 1.54) is 27.3 Å². The second kappa shape index (κ2) is 6.99. The van der Waals surface area contributed by atoms with E-state index in [2.05, 4.69) is 49.5 Å². The first-order valence-electron chi connectivity index (χ1n) is 8.43. The quantitative estimate of drug-likeness (QED) is 0.683. The first-order valence-corrected chi connectivity index (χ1v) is 10.4. The zero-order chi connectivity index (χ0) is 16.7. The smallest absolute Gasteiger partial charge is 0.198 e. The molecule has 0 aromatic carbocycles. The van der Waals surface area contributed by atoms with Crippen LogP contribution in [0.15, 0.2) is 15.9 Å². The van der Waals surface area contributed by atoms with Crippen molar-refractivity contribution in [2.24, 2.45) is 7.05 Å². The van der Waals surface area contributed by atoms with Crippen molar-refractivity contribution in [2.75, 3.05) is 26.2 Å². The fourth-order valence-corrected chi connectivity index (χ4v) is 4.95. The number of piperazine rings is 1. The van der Waals surface area contributed by atoms with Crippen molar-refractivity contribution in [3.8, 4) is 0 Å². The highest BCUT2D eigenvalue weighted by atomic mass is 79.9. The van der Waals surface area contributed by atoms with Gasteiger partial charge in [0.05, 0.1) is 10.5 Å². The number of hydrogen-bond acceptors (Lipinski definition) is 5. The van der Waals surface area contributed by atoms with Gasteiger partial charge >= 0.3 is 0 Å². The summed E-state index contributed by atoms with van der Waals surface area (Å²) in [6.45, 7) is 6.22. The van der Waals surface area contributed by atoms with Crippen molar-refractivity contribution in [1.82, 2.24) is 24.1 Å². The highest BCUT2D eigenvalue weighted by Crippen LogP contribution is 2.38. The lowest BCUT2D eigenvalue weighted by molar-refractivity contribution is 0.0986. The highest BCUT2D eigenvalue weighted by Gasteiger charge is 2.29. The molecule has 0 radical (unpaired) electrons. The van der Waals surface area contributed by atoms with Gasteiger partial charge < -0.3 is 4.57 Å². The molecular formula is C16H22BrN5S2. The molecule has 130 valence electrons. The molecule has 0 amide bonds. The summed E-state index contributed by atoms with van der Waals surface area (Å²) in [5, 5.41) is 4.77. The zero-order valence-electron chi connectivity index (χ0n) is 13.8. The van der Waals surface area contributed by atoms with Gasteiger partial charge in [-0.05, 0) is 53.1 Å². The van der Waals surface area contributed by atoms with Crippen LogP contribution in [0.1, 0.15) is 29.5 Å². The minimum atomic E-state index is 0.639. The van der Waals surface area contributed by atoms with E-state index in [4.69, 9.17) is 17.3 Å². The van der Waals surface area contributed by atoms with Gasteiger partial charge in [0.1, 0.15) is 5.82 Å². The number of aromatic nitrogens is 3. The van der Waals surface area contributed by atoms with Gasteiger partial charge in [-0.2, -0.15) is 5.10 Å². The monoisotopic (exact) mass is 427 g/mol. The van der Waals surface area contributed by atoms with Crippen molar-refractivity contribution in [3.05, 3.63) is 31.4 Å². The van der Waals surface area contributed by atoms with Gasteiger partial charge in [-0.3, -0.25) is 9.80 Å². The highest BCUT2D eigenvalue weighted by molar-refractivity contribution is 9.11. The second-order valence-corrected chi connectivity index (χ2v) is 9.63. The SMILES string of the molecule is Cn1c(C2CC2)nn(CN2CCN(Cc3ccc(Br)s3)CC2)c1=S. The Morgan fingerprint density at radius 1 is 1.21 bits per heavy atom. The van der Waals surface area contributed by atoms with Gasteiger partial charge in [0.25, 0.3) is 0 Å². The Bertz CT molecular complexity index is 768. The number of halogens is 1. The third kappa shape index (κ3) is 3.67. The standard InChI is InChI=1S/C16H22BrN5S2/c1-19-15(12-2-3-12)18-22(16(19)23)11-21-8-6-20(7-9-21)10-13-4-5-14(17)24-13/h4-5,12H,2-3,6-11H2,1H3. The summed E-state index contributed by atoms with van der Waals surface area (Å²) in [6.07, 6.45) is 2.52. The molecular weight excluding hydrogens is 406 g/mol. The minimum absolute atomic E-state index is 0.639. The molecule has 2 aromatic heterocycles. The van der Waals surface area contributed by atoms with Gasteiger partial charge in [0.2, 0.25) is 0 Å². The molecule has 1 saturated heterocycles. The van der Waals surface area contributed by atoms with Crippen molar-refractivity contribution in [1.29, 1.82) is 0 Å². The van der Waals surface area contributed by atoms with Crippen molar-refractivity contribution in [2.45, 2.75) is 32.0 Å². The van der Waals surface area contributed by atoms with E-state index < -0.39 is 0 Å². The topological polar surface area (TPSA) is 29.2 Å². The molecule has 0 atom stereocenters. The molecule has 2 fully saturated rings. The van der Waals surface area contributed by atoms with E-state index in [-0.39, 0.29) is 0 Å². The summed E-state index contributed by atoms with van der Waals surface area (Å²) in [4.78, 5) is 6.42. The van der Waals surface area contributed by atoms with E-state index in [1.807, 2.05) is 16.0 Å². The molecule has 3 heterocycles. The van der Waals surface area contributed by atoms with Crippen molar-refractivity contribution < 1.29 is 0 Å². The normalized spacial score (nSPS) is 19.9.